The van der Waals surface area contributed by atoms with Crippen LogP contribution in [0.15, 0.2) is 61.2 Å². The van der Waals surface area contributed by atoms with Crippen LogP contribution in [0.5, 0.6) is 0 Å². The fraction of sp³-hybridized carbons (Fsp3) is 0.375. The fourth-order valence-corrected chi connectivity index (χ4v) is 4.76. The van der Waals surface area contributed by atoms with E-state index >= 15 is 0 Å². The average molecular weight is 414 g/mol. The van der Waals surface area contributed by atoms with Crippen molar-refractivity contribution in [2.24, 2.45) is 11.8 Å². The van der Waals surface area contributed by atoms with Crippen molar-refractivity contribution < 1.29 is 4.79 Å². The van der Waals surface area contributed by atoms with Crippen LogP contribution in [-0.4, -0.2) is 17.4 Å². The summed E-state index contributed by atoms with van der Waals surface area (Å²) in [7, 11) is 0. The van der Waals surface area contributed by atoms with Gasteiger partial charge in [0.25, 0.3) is 0 Å². The molecule has 0 bridgehead atoms. The minimum atomic E-state index is -0.0243. The van der Waals surface area contributed by atoms with Crippen molar-refractivity contribution in [2.75, 3.05) is 6.54 Å². The molecule has 2 aromatic carbocycles. The first kappa shape index (κ1) is 19.5. The number of carbonyl (C=O) groups is 1. The second-order valence-corrected chi connectivity index (χ2v) is 8.92. The molecule has 2 unspecified atom stereocenters. The van der Waals surface area contributed by atoms with Gasteiger partial charge in [0.2, 0.25) is 5.91 Å². The lowest BCUT2D eigenvalue weighted by molar-refractivity contribution is -0.143. The van der Waals surface area contributed by atoms with Gasteiger partial charge in [-0.25, -0.2) is 0 Å². The van der Waals surface area contributed by atoms with Crippen LogP contribution in [0.2, 0.25) is 10.0 Å². The van der Waals surface area contributed by atoms with Gasteiger partial charge in [-0.1, -0.05) is 53.5 Å². The second-order valence-electron chi connectivity index (χ2n) is 8.05. The van der Waals surface area contributed by atoms with E-state index in [0.717, 1.165) is 23.6 Å². The van der Waals surface area contributed by atoms with Gasteiger partial charge in [-0.05, 0) is 67.0 Å². The van der Waals surface area contributed by atoms with Crippen molar-refractivity contribution in [3.05, 3.63) is 82.4 Å². The van der Waals surface area contributed by atoms with Gasteiger partial charge < -0.3 is 4.90 Å². The molecule has 2 aromatic rings. The highest BCUT2D eigenvalue weighted by Crippen LogP contribution is 2.48. The van der Waals surface area contributed by atoms with Crippen molar-refractivity contribution in [1.82, 2.24) is 4.90 Å². The van der Waals surface area contributed by atoms with Crippen LogP contribution in [-0.2, 0) is 4.79 Å². The van der Waals surface area contributed by atoms with Gasteiger partial charge in [-0.2, -0.15) is 0 Å². The molecule has 3 atom stereocenters. The first-order valence-corrected chi connectivity index (χ1v) is 10.7. The highest BCUT2D eigenvalue weighted by Gasteiger charge is 2.44. The standard InChI is InChI=1S/C24H25Cl2NO/c1-2-4-19-14-22(18-5-3-6-21(26)13-18)23(17-9-11-20(25)12-10-17)27(24(19)28)15-16-7-8-16/h2-3,5-6,9-13,16,19,22-23H,1,4,7-8,14-15H2/t19-,22?,23?/m0/s1. The third kappa shape index (κ3) is 4.14. The van der Waals surface area contributed by atoms with Crippen LogP contribution >= 0.6 is 23.2 Å². The number of likely N-dealkylation sites (tertiary alicyclic amines) is 1. The van der Waals surface area contributed by atoms with Crippen LogP contribution in [0.25, 0.3) is 0 Å². The zero-order valence-electron chi connectivity index (χ0n) is 15.9. The number of rotatable bonds is 6. The van der Waals surface area contributed by atoms with E-state index in [1.54, 1.807) is 0 Å². The number of amides is 1. The molecule has 146 valence electrons. The Labute approximate surface area is 177 Å². The predicted octanol–water partition coefficient (Wildman–Crippen LogP) is 6.65. The number of hydrogen-bond acceptors (Lipinski definition) is 1. The highest BCUT2D eigenvalue weighted by molar-refractivity contribution is 6.30. The molecular formula is C24H25Cl2NO. The summed E-state index contributed by atoms with van der Waals surface area (Å²) < 4.78 is 0. The molecule has 1 saturated heterocycles. The minimum absolute atomic E-state index is 0.00454. The molecule has 0 spiro atoms. The zero-order valence-corrected chi connectivity index (χ0v) is 17.4. The fourth-order valence-electron chi connectivity index (χ4n) is 4.43. The summed E-state index contributed by atoms with van der Waals surface area (Å²) >= 11 is 12.5. The molecule has 1 heterocycles. The zero-order chi connectivity index (χ0) is 19.7. The Hall–Kier alpha value is -1.77. The van der Waals surface area contributed by atoms with E-state index in [2.05, 4.69) is 29.7 Å². The number of nitrogens with zero attached hydrogens (tertiary/aromatic N) is 1. The number of carbonyl (C=O) groups excluding carboxylic acids is 1. The van der Waals surface area contributed by atoms with Crippen LogP contribution in [0.4, 0.5) is 0 Å². The minimum Gasteiger partial charge on any atom is -0.335 e. The summed E-state index contributed by atoms with van der Waals surface area (Å²) in [5, 5.41) is 1.45. The number of benzene rings is 2. The van der Waals surface area contributed by atoms with Gasteiger partial charge in [0.1, 0.15) is 0 Å². The molecule has 4 heteroatoms. The van der Waals surface area contributed by atoms with Crippen molar-refractivity contribution in [2.45, 2.75) is 37.6 Å². The maximum absolute atomic E-state index is 13.4. The summed E-state index contributed by atoms with van der Waals surface area (Å²) in [6.45, 7) is 4.71. The first-order valence-electron chi connectivity index (χ1n) is 9.99. The van der Waals surface area contributed by atoms with Crippen molar-refractivity contribution in [3.8, 4) is 0 Å². The molecule has 0 radical (unpaired) electrons. The normalized spacial score (nSPS) is 25.0. The summed E-state index contributed by atoms with van der Waals surface area (Å²) in [6, 6.07) is 16.0. The van der Waals surface area contributed by atoms with Crippen LogP contribution in [0.1, 0.15) is 48.8 Å². The number of piperidine rings is 1. The summed E-state index contributed by atoms with van der Waals surface area (Å²) in [5.74, 6) is 1.05. The van der Waals surface area contributed by atoms with Crippen molar-refractivity contribution in [3.63, 3.8) is 0 Å². The third-order valence-corrected chi connectivity index (χ3v) is 6.47. The molecule has 0 N–H and O–H groups in total. The lowest BCUT2D eigenvalue weighted by atomic mass is 9.75. The first-order chi connectivity index (χ1) is 13.6. The average Bonchev–Trinajstić information content (AvgIpc) is 3.50. The Bertz CT molecular complexity index is 859. The molecule has 4 rings (SSSR count). The van der Waals surface area contributed by atoms with Gasteiger partial charge in [0.05, 0.1) is 6.04 Å². The van der Waals surface area contributed by atoms with Crippen LogP contribution in [0.3, 0.4) is 0 Å². The molecule has 28 heavy (non-hydrogen) atoms. The lowest BCUT2D eigenvalue weighted by Gasteiger charge is -2.45. The second kappa shape index (κ2) is 8.31. The highest BCUT2D eigenvalue weighted by atomic mass is 35.5. The van der Waals surface area contributed by atoms with E-state index in [0.29, 0.717) is 17.4 Å². The van der Waals surface area contributed by atoms with Crippen LogP contribution < -0.4 is 0 Å². The quantitative estimate of drug-likeness (QED) is 0.485. The van der Waals surface area contributed by atoms with E-state index in [4.69, 9.17) is 23.2 Å². The van der Waals surface area contributed by atoms with Gasteiger partial charge in [-0.3, -0.25) is 4.79 Å². The van der Waals surface area contributed by atoms with Crippen molar-refractivity contribution >= 4 is 29.1 Å². The Morgan fingerprint density at radius 3 is 2.43 bits per heavy atom. The number of hydrogen-bond donors (Lipinski definition) is 0. The van der Waals surface area contributed by atoms with E-state index in [1.165, 1.54) is 18.4 Å². The molecule has 1 aliphatic heterocycles. The largest absolute Gasteiger partial charge is 0.335 e. The number of allylic oxidation sites excluding steroid dienone is 1. The molecule has 2 nitrogen and oxygen atoms in total. The molecular weight excluding hydrogens is 389 g/mol. The Morgan fingerprint density at radius 1 is 1.04 bits per heavy atom. The smallest absolute Gasteiger partial charge is 0.226 e. The summed E-state index contributed by atoms with van der Waals surface area (Å²) in [5.41, 5.74) is 2.33. The molecule has 0 aromatic heterocycles. The van der Waals surface area contributed by atoms with Gasteiger partial charge in [0.15, 0.2) is 0 Å². The Morgan fingerprint density at radius 2 is 1.79 bits per heavy atom. The molecule has 1 saturated carbocycles. The summed E-state index contributed by atoms with van der Waals surface area (Å²) in [6.07, 6.45) is 5.82. The Balaban J connectivity index is 1.79. The van der Waals surface area contributed by atoms with E-state index in [9.17, 15) is 4.79 Å². The lowest BCUT2D eigenvalue weighted by Crippen LogP contribution is -2.47. The van der Waals surface area contributed by atoms with E-state index in [-0.39, 0.29) is 23.8 Å². The van der Waals surface area contributed by atoms with E-state index < -0.39 is 0 Å². The maximum Gasteiger partial charge on any atom is 0.226 e. The topological polar surface area (TPSA) is 20.3 Å². The monoisotopic (exact) mass is 413 g/mol. The van der Waals surface area contributed by atoms with Crippen molar-refractivity contribution in [1.29, 1.82) is 0 Å². The molecule has 2 aliphatic rings. The maximum atomic E-state index is 13.4. The predicted molar refractivity (Wildman–Crippen MR) is 116 cm³/mol. The number of halogens is 2. The van der Waals surface area contributed by atoms with E-state index in [1.807, 2.05) is 36.4 Å². The summed E-state index contributed by atoms with van der Waals surface area (Å²) in [4.78, 5) is 15.5. The third-order valence-electron chi connectivity index (χ3n) is 5.98. The SMILES string of the molecule is C=CC[C@H]1CC(c2cccc(Cl)c2)C(c2ccc(Cl)cc2)N(CC2CC2)C1=O. The van der Waals surface area contributed by atoms with Gasteiger partial charge in [0, 0.05) is 28.4 Å². The van der Waals surface area contributed by atoms with Crippen LogP contribution in [0, 0.1) is 11.8 Å². The molecule has 1 aliphatic carbocycles. The van der Waals surface area contributed by atoms with Gasteiger partial charge in [-0.15, -0.1) is 6.58 Å². The Kier molecular flexibility index (Phi) is 5.80. The molecule has 1 amide bonds. The molecule has 2 fully saturated rings. The van der Waals surface area contributed by atoms with Gasteiger partial charge >= 0.3 is 0 Å².